The third-order valence-corrected chi connectivity index (χ3v) is 8.56. The van der Waals surface area contributed by atoms with Crippen molar-refractivity contribution in [2.24, 2.45) is 0 Å². The molecule has 92 valence electrons. The highest BCUT2D eigenvalue weighted by Gasteiger charge is 2.36. The van der Waals surface area contributed by atoms with E-state index in [2.05, 4.69) is 44.6 Å². The van der Waals surface area contributed by atoms with Gasteiger partial charge in [0.2, 0.25) is 8.40 Å². The molecule has 0 amide bonds. The first-order valence-electron chi connectivity index (χ1n) is 6.66. The Labute approximate surface area is 97.4 Å². The molecular weight excluding hydrogens is 200 g/mol. The molecular formula is C12H30N2Si. The standard InChI is InChI=1S/C12H30N2Si/c1-6-10-11-15(13-8-3,14-9-4)12(5)7-2/h12-14H,6-11H2,1-5H3. The van der Waals surface area contributed by atoms with E-state index in [1.807, 2.05) is 0 Å². The molecule has 15 heavy (non-hydrogen) atoms. The Morgan fingerprint density at radius 1 is 1.00 bits per heavy atom. The minimum atomic E-state index is -1.42. The Balaban J connectivity index is 4.54. The molecule has 0 radical (unpaired) electrons. The highest BCUT2D eigenvalue weighted by molar-refractivity contribution is 6.76. The molecule has 1 unspecified atom stereocenters. The van der Waals surface area contributed by atoms with Gasteiger partial charge < -0.3 is 9.96 Å². The molecule has 0 spiro atoms. The quantitative estimate of drug-likeness (QED) is 0.594. The van der Waals surface area contributed by atoms with Crippen molar-refractivity contribution < 1.29 is 0 Å². The van der Waals surface area contributed by atoms with Crippen LogP contribution in [0.15, 0.2) is 0 Å². The highest BCUT2D eigenvalue weighted by Crippen LogP contribution is 2.25. The number of hydrogen-bond donors (Lipinski definition) is 2. The van der Waals surface area contributed by atoms with Crippen LogP contribution in [0.25, 0.3) is 0 Å². The maximum Gasteiger partial charge on any atom is 0.204 e. The van der Waals surface area contributed by atoms with Crippen LogP contribution in [0.1, 0.15) is 53.9 Å². The second-order valence-corrected chi connectivity index (χ2v) is 8.58. The Bertz CT molecular complexity index is 145. The van der Waals surface area contributed by atoms with Crippen molar-refractivity contribution in [1.82, 2.24) is 9.96 Å². The molecule has 2 N–H and O–H groups in total. The Kier molecular flexibility index (Phi) is 8.38. The van der Waals surface area contributed by atoms with Crippen LogP contribution in [0, 0.1) is 0 Å². The summed E-state index contributed by atoms with van der Waals surface area (Å²) in [4.78, 5) is 7.62. The average molecular weight is 230 g/mol. The number of rotatable bonds is 9. The lowest BCUT2D eigenvalue weighted by molar-refractivity contribution is 0.701. The summed E-state index contributed by atoms with van der Waals surface area (Å²) in [7, 11) is -1.42. The van der Waals surface area contributed by atoms with Gasteiger partial charge in [-0.3, -0.25) is 0 Å². The summed E-state index contributed by atoms with van der Waals surface area (Å²) in [5, 5.41) is 0. The van der Waals surface area contributed by atoms with E-state index < -0.39 is 8.40 Å². The molecule has 0 aliphatic heterocycles. The van der Waals surface area contributed by atoms with Crippen molar-refractivity contribution in [2.45, 2.75) is 65.5 Å². The van der Waals surface area contributed by atoms with E-state index in [0.717, 1.165) is 18.6 Å². The van der Waals surface area contributed by atoms with Crippen LogP contribution in [0.4, 0.5) is 0 Å². The molecule has 0 heterocycles. The molecule has 0 fully saturated rings. The minimum Gasteiger partial charge on any atom is -0.325 e. The van der Waals surface area contributed by atoms with Gasteiger partial charge in [0.25, 0.3) is 0 Å². The van der Waals surface area contributed by atoms with Crippen LogP contribution in [0.3, 0.4) is 0 Å². The second kappa shape index (κ2) is 8.31. The van der Waals surface area contributed by atoms with Crippen LogP contribution < -0.4 is 9.96 Å². The zero-order valence-electron chi connectivity index (χ0n) is 11.3. The molecule has 0 aliphatic carbocycles. The highest BCUT2D eigenvalue weighted by atomic mass is 28.3. The normalized spacial score (nSPS) is 14.2. The predicted octanol–water partition coefficient (Wildman–Crippen LogP) is 3.25. The van der Waals surface area contributed by atoms with Gasteiger partial charge in [0.1, 0.15) is 0 Å². The fourth-order valence-corrected chi connectivity index (χ4v) is 6.81. The van der Waals surface area contributed by atoms with Crippen molar-refractivity contribution in [3.8, 4) is 0 Å². The van der Waals surface area contributed by atoms with Crippen molar-refractivity contribution in [1.29, 1.82) is 0 Å². The second-order valence-electron chi connectivity index (χ2n) is 4.44. The van der Waals surface area contributed by atoms with Gasteiger partial charge in [-0.1, -0.05) is 53.9 Å². The molecule has 0 saturated carbocycles. The third-order valence-electron chi connectivity index (χ3n) is 3.36. The lowest BCUT2D eigenvalue weighted by Crippen LogP contribution is -2.64. The SMILES string of the molecule is CCCC[Si](NCC)(NCC)C(C)CC. The molecule has 0 aromatic heterocycles. The first-order valence-corrected chi connectivity index (χ1v) is 8.95. The number of nitrogens with one attached hydrogen (secondary N) is 2. The van der Waals surface area contributed by atoms with Gasteiger partial charge in [-0.15, -0.1) is 0 Å². The van der Waals surface area contributed by atoms with Gasteiger partial charge in [0.05, 0.1) is 0 Å². The Morgan fingerprint density at radius 3 is 1.87 bits per heavy atom. The molecule has 0 rings (SSSR count). The van der Waals surface area contributed by atoms with Gasteiger partial charge in [-0.2, -0.15) is 0 Å². The van der Waals surface area contributed by atoms with Crippen LogP contribution in [0.5, 0.6) is 0 Å². The molecule has 2 nitrogen and oxygen atoms in total. The minimum absolute atomic E-state index is 0.823. The lowest BCUT2D eigenvalue weighted by atomic mass is 10.4. The largest absolute Gasteiger partial charge is 0.325 e. The van der Waals surface area contributed by atoms with E-state index in [4.69, 9.17) is 0 Å². The van der Waals surface area contributed by atoms with E-state index in [-0.39, 0.29) is 0 Å². The zero-order chi connectivity index (χ0) is 11.7. The zero-order valence-corrected chi connectivity index (χ0v) is 12.3. The fraction of sp³-hybridized carbons (Fsp3) is 1.00. The smallest absolute Gasteiger partial charge is 0.204 e. The molecule has 0 bridgehead atoms. The van der Waals surface area contributed by atoms with Crippen LogP contribution in [-0.4, -0.2) is 21.5 Å². The third kappa shape index (κ3) is 4.66. The van der Waals surface area contributed by atoms with Gasteiger partial charge in [-0.25, -0.2) is 0 Å². The monoisotopic (exact) mass is 230 g/mol. The van der Waals surface area contributed by atoms with Crippen molar-refractivity contribution >= 4 is 8.40 Å². The molecule has 0 aliphatic rings. The van der Waals surface area contributed by atoms with Gasteiger partial charge in [-0.05, 0) is 24.7 Å². The van der Waals surface area contributed by atoms with E-state index in [1.165, 1.54) is 25.3 Å². The summed E-state index contributed by atoms with van der Waals surface area (Å²) >= 11 is 0. The molecule has 1 atom stereocenters. The summed E-state index contributed by atoms with van der Waals surface area (Å²) in [5.41, 5.74) is 0.823. The summed E-state index contributed by atoms with van der Waals surface area (Å²) in [6.07, 6.45) is 3.95. The topological polar surface area (TPSA) is 24.1 Å². The average Bonchev–Trinajstić information content (AvgIpc) is 2.25. The van der Waals surface area contributed by atoms with Gasteiger partial charge >= 0.3 is 0 Å². The lowest BCUT2D eigenvalue weighted by Gasteiger charge is -2.38. The molecule has 0 aromatic carbocycles. The summed E-state index contributed by atoms with van der Waals surface area (Å²) in [5.74, 6) is 0. The predicted molar refractivity (Wildman–Crippen MR) is 72.5 cm³/mol. The van der Waals surface area contributed by atoms with Crippen LogP contribution >= 0.6 is 0 Å². The summed E-state index contributed by atoms with van der Waals surface area (Å²) in [6.45, 7) is 13.7. The Hall–Kier alpha value is 0.137. The van der Waals surface area contributed by atoms with Crippen molar-refractivity contribution in [3.63, 3.8) is 0 Å². The molecule has 3 heteroatoms. The van der Waals surface area contributed by atoms with Crippen LogP contribution in [0.2, 0.25) is 11.6 Å². The van der Waals surface area contributed by atoms with Gasteiger partial charge in [0.15, 0.2) is 0 Å². The Morgan fingerprint density at radius 2 is 1.53 bits per heavy atom. The van der Waals surface area contributed by atoms with Crippen molar-refractivity contribution in [2.75, 3.05) is 13.1 Å². The fourth-order valence-electron chi connectivity index (χ4n) is 2.27. The molecule has 0 aromatic rings. The summed E-state index contributed by atoms with van der Waals surface area (Å²) in [6, 6.07) is 1.38. The van der Waals surface area contributed by atoms with E-state index in [0.29, 0.717) is 0 Å². The first kappa shape index (κ1) is 15.1. The molecule has 0 saturated heterocycles. The van der Waals surface area contributed by atoms with Gasteiger partial charge in [0, 0.05) is 0 Å². The maximum atomic E-state index is 3.81. The van der Waals surface area contributed by atoms with E-state index in [9.17, 15) is 0 Å². The first-order chi connectivity index (χ1) is 7.16. The van der Waals surface area contributed by atoms with E-state index in [1.54, 1.807) is 0 Å². The maximum absolute atomic E-state index is 3.81. The summed E-state index contributed by atoms with van der Waals surface area (Å²) < 4.78 is 0. The van der Waals surface area contributed by atoms with Crippen molar-refractivity contribution in [3.05, 3.63) is 0 Å². The number of hydrogen-bond acceptors (Lipinski definition) is 2. The van der Waals surface area contributed by atoms with E-state index >= 15 is 0 Å². The van der Waals surface area contributed by atoms with Crippen LogP contribution in [-0.2, 0) is 0 Å². The number of unbranched alkanes of at least 4 members (excludes halogenated alkanes) is 1.